The highest BCUT2D eigenvalue weighted by molar-refractivity contribution is 5.90. The van der Waals surface area contributed by atoms with Gasteiger partial charge in [0.15, 0.2) is 5.78 Å². The molecule has 2 N–H and O–H groups in total. The van der Waals surface area contributed by atoms with Gasteiger partial charge in [0.25, 0.3) is 0 Å². The Bertz CT molecular complexity index is 263. The fourth-order valence-corrected chi connectivity index (χ4v) is 1.99. The molecule has 1 aliphatic heterocycles. The van der Waals surface area contributed by atoms with Gasteiger partial charge in [-0.25, -0.2) is 0 Å². The number of rotatable bonds is 4. The van der Waals surface area contributed by atoms with E-state index in [1.54, 1.807) is 11.8 Å². The first-order valence-corrected chi connectivity index (χ1v) is 5.50. The summed E-state index contributed by atoms with van der Waals surface area (Å²) in [5.74, 6) is 0.394. The van der Waals surface area contributed by atoms with Gasteiger partial charge in [-0.3, -0.25) is 9.59 Å². The molecule has 1 saturated heterocycles. The number of nitrogens with two attached hydrogens (primary N) is 1. The van der Waals surface area contributed by atoms with E-state index >= 15 is 0 Å². The van der Waals surface area contributed by atoms with Gasteiger partial charge in [-0.1, -0.05) is 13.8 Å². The summed E-state index contributed by atoms with van der Waals surface area (Å²) >= 11 is 0. The van der Waals surface area contributed by atoms with Crippen molar-refractivity contribution in [1.29, 1.82) is 0 Å². The summed E-state index contributed by atoms with van der Waals surface area (Å²) in [5, 5.41) is 0. The van der Waals surface area contributed by atoms with Crippen LogP contribution in [-0.4, -0.2) is 35.2 Å². The van der Waals surface area contributed by atoms with Gasteiger partial charge in [-0.15, -0.1) is 0 Å². The van der Waals surface area contributed by atoms with Crippen molar-refractivity contribution in [2.24, 2.45) is 11.7 Å². The third-order valence-corrected chi connectivity index (χ3v) is 2.82. The molecule has 0 aromatic heterocycles. The van der Waals surface area contributed by atoms with Crippen molar-refractivity contribution >= 4 is 11.7 Å². The van der Waals surface area contributed by atoms with Crippen LogP contribution in [0.15, 0.2) is 0 Å². The van der Waals surface area contributed by atoms with Crippen LogP contribution in [-0.2, 0) is 9.59 Å². The molecule has 2 atom stereocenters. The average Bonchev–Trinajstić information content (AvgIpc) is 2.44. The lowest BCUT2D eigenvalue weighted by atomic mass is 10.00. The van der Waals surface area contributed by atoms with Gasteiger partial charge in [-0.05, 0) is 25.7 Å². The molecule has 0 saturated carbocycles. The van der Waals surface area contributed by atoms with E-state index in [1.807, 2.05) is 0 Å². The Morgan fingerprint density at radius 2 is 2.20 bits per heavy atom. The fraction of sp³-hybridized carbons (Fsp3) is 0.818. The number of ketones is 1. The first kappa shape index (κ1) is 12.2. The molecule has 1 unspecified atom stereocenters. The SMILES string of the molecule is CC(=O)[C@H](CC(C)C)N1CCC(N)C1=O. The number of hydrogen-bond acceptors (Lipinski definition) is 3. The maximum Gasteiger partial charge on any atom is 0.240 e. The van der Waals surface area contributed by atoms with Crippen LogP contribution in [0, 0.1) is 5.92 Å². The van der Waals surface area contributed by atoms with E-state index in [0.29, 0.717) is 18.9 Å². The van der Waals surface area contributed by atoms with Crippen LogP contribution in [0.1, 0.15) is 33.6 Å². The molecular formula is C11H20N2O2. The Hall–Kier alpha value is -0.900. The van der Waals surface area contributed by atoms with Crippen LogP contribution >= 0.6 is 0 Å². The van der Waals surface area contributed by atoms with Gasteiger partial charge in [-0.2, -0.15) is 0 Å². The Kier molecular flexibility index (Phi) is 3.85. The molecule has 0 aliphatic carbocycles. The topological polar surface area (TPSA) is 63.4 Å². The predicted molar refractivity (Wildman–Crippen MR) is 58.2 cm³/mol. The van der Waals surface area contributed by atoms with Crippen LogP contribution in [0.2, 0.25) is 0 Å². The highest BCUT2D eigenvalue weighted by Crippen LogP contribution is 2.19. The molecule has 0 radical (unpaired) electrons. The molecule has 86 valence electrons. The first-order valence-electron chi connectivity index (χ1n) is 5.50. The Labute approximate surface area is 90.8 Å². The highest BCUT2D eigenvalue weighted by Gasteiger charge is 2.35. The molecule has 0 spiro atoms. The molecule has 1 aliphatic rings. The monoisotopic (exact) mass is 212 g/mol. The van der Waals surface area contributed by atoms with Crippen LogP contribution in [0.3, 0.4) is 0 Å². The van der Waals surface area contributed by atoms with Gasteiger partial charge in [0, 0.05) is 6.54 Å². The number of likely N-dealkylation sites (tertiary alicyclic amines) is 1. The number of Topliss-reactive ketones (excluding diaryl/α,β-unsaturated/α-hetero) is 1. The minimum Gasteiger partial charge on any atom is -0.331 e. The summed E-state index contributed by atoms with van der Waals surface area (Å²) in [6, 6.07) is -0.676. The molecule has 0 bridgehead atoms. The van der Waals surface area contributed by atoms with E-state index in [2.05, 4.69) is 13.8 Å². The van der Waals surface area contributed by atoms with E-state index in [0.717, 1.165) is 6.42 Å². The summed E-state index contributed by atoms with van der Waals surface area (Å²) in [6.45, 7) is 6.27. The van der Waals surface area contributed by atoms with E-state index in [4.69, 9.17) is 5.73 Å². The van der Waals surface area contributed by atoms with E-state index < -0.39 is 6.04 Å². The maximum atomic E-state index is 11.7. The maximum absolute atomic E-state index is 11.7. The summed E-state index contributed by atoms with van der Waals surface area (Å²) < 4.78 is 0. The second-order valence-electron chi connectivity index (χ2n) is 4.68. The van der Waals surface area contributed by atoms with Crippen molar-refractivity contribution < 1.29 is 9.59 Å². The normalized spacial score (nSPS) is 23.7. The van der Waals surface area contributed by atoms with Crippen molar-refractivity contribution in [2.45, 2.75) is 45.7 Å². The smallest absolute Gasteiger partial charge is 0.240 e. The van der Waals surface area contributed by atoms with E-state index in [1.165, 1.54) is 0 Å². The average molecular weight is 212 g/mol. The molecular weight excluding hydrogens is 192 g/mol. The number of hydrogen-bond donors (Lipinski definition) is 1. The third kappa shape index (κ3) is 2.78. The molecule has 0 aromatic rings. The van der Waals surface area contributed by atoms with Crippen molar-refractivity contribution in [3.05, 3.63) is 0 Å². The lowest BCUT2D eigenvalue weighted by Gasteiger charge is -2.27. The number of nitrogens with zero attached hydrogens (tertiary/aromatic N) is 1. The number of carbonyl (C=O) groups excluding carboxylic acids is 2. The second kappa shape index (κ2) is 4.75. The van der Waals surface area contributed by atoms with Crippen LogP contribution in [0.25, 0.3) is 0 Å². The molecule has 1 heterocycles. The van der Waals surface area contributed by atoms with Crippen LogP contribution in [0.4, 0.5) is 0 Å². The van der Waals surface area contributed by atoms with Crippen molar-refractivity contribution in [3.63, 3.8) is 0 Å². The largest absolute Gasteiger partial charge is 0.331 e. The zero-order valence-corrected chi connectivity index (χ0v) is 9.69. The zero-order chi connectivity index (χ0) is 11.6. The first-order chi connectivity index (χ1) is 6.93. The van der Waals surface area contributed by atoms with Gasteiger partial charge in [0.05, 0.1) is 12.1 Å². The second-order valence-corrected chi connectivity index (χ2v) is 4.68. The quantitative estimate of drug-likeness (QED) is 0.740. The van der Waals surface area contributed by atoms with Crippen molar-refractivity contribution in [3.8, 4) is 0 Å². The minimum atomic E-state index is -0.404. The van der Waals surface area contributed by atoms with Gasteiger partial charge < -0.3 is 10.6 Å². The van der Waals surface area contributed by atoms with Gasteiger partial charge in [0.1, 0.15) is 0 Å². The van der Waals surface area contributed by atoms with Crippen LogP contribution in [0.5, 0.6) is 0 Å². The standard InChI is InChI=1S/C11H20N2O2/c1-7(2)6-10(8(3)14)13-5-4-9(12)11(13)15/h7,9-10H,4-6,12H2,1-3H3/t9?,10-/m0/s1. The molecule has 1 fully saturated rings. The lowest BCUT2D eigenvalue weighted by Crippen LogP contribution is -2.44. The van der Waals surface area contributed by atoms with E-state index in [9.17, 15) is 9.59 Å². The van der Waals surface area contributed by atoms with E-state index in [-0.39, 0.29) is 17.7 Å². The van der Waals surface area contributed by atoms with Crippen molar-refractivity contribution in [1.82, 2.24) is 4.90 Å². The molecule has 4 heteroatoms. The summed E-state index contributed by atoms with van der Waals surface area (Å²) in [6.07, 6.45) is 1.40. The number of amides is 1. The third-order valence-electron chi connectivity index (χ3n) is 2.82. The highest BCUT2D eigenvalue weighted by atomic mass is 16.2. The lowest BCUT2D eigenvalue weighted by molar-refractivity contribution is -0.136. The summed E-state index contributed by atoms with van der Waals surface area (Å²) in [7, 11) is 0. The molecule has 1 rings (SSSR count). The molecule has 0 aromatic carbocycles. The zero-order valence-electron chi connectivity index (χ0n) is 9.69. The van der Waals surface area contributed by atoms with Crippen LogP contribution < -0.4 is 5.73 Å². The molecule has 1 amide bonds. The summed E-state index contributed by atoms with van der Waals surface area (Å²) in [5.41, 5.74) is 5.63. The Morgan fingerprint density at radius 1 is 1.60 bits per heavy atom. The van der Waals surface area contributed by atoms with Gasteiger partial charge in [0.2, 0.25) is 5.91 Å². The predicted octanol–water partition coefficient (Wildman–Crippen LogP) is 0.550. The Balaban J connectivity index is 2.72. The molecule has 15 heavy (non-hydrogen) atoms. The number of carbonyl (C=O) groups is 2. The minimum absolute atomic E-state index is 0.0613. The molecule has 4 nitrogen and oxygen atoms in total. The summed E-state index contributed by atoms with van der Waals surface area (Å²) in [4.78, 5) is 24.8. The Morgan fingerprint density at radius 3 is 2.53 bits per heavy atom. The fourth-order valence-electron chi connectivity index (χ4n) is 1.99. The van der Waals surface area contributed by atoms with Gasteiger partial charge >= 0.3 is 0 Å². The van der Waals surface area contributed by atoms with Crippen molar-refractivity contribution in [2.75, 3.05) is 6.54 Å².